The molecule has 0 amide bonds. The first-order valence-corrected chi connectivity index (χ1v) is 7.44. The normalized spacial score (nSPS) is 12.9. The van der Waals surface area contributed by atoms with E-state index in [0.29, 0.717) is 6.04 Å². The van der Waals surface area contributed by atoms with Crippen LogP contribution in [0.25, 0.3) is 0 Å². The van der Waals surface area contributed by atoms with Crippen LogP contribution in [0.2, 0.25) is 6.04 Å². The summed E-state index contributed by atoms with van der Waals surface area (Å²) in [5.41, 5.74) is 0. The third kappa shape index (κ3) is 6.54. The quantitative estimate of drug-likeness (QED) is 0.670. The summed E-state index contributed by atoms with van der Waals surface area (Å²) >= 11 is 0. The lowest BCUT2D eigenvalue weighted by Crippen LogP contribution is -2.46. The highest BCUT2D eigenvalue weighted by Gasteiger charge is 2.38. The second kappa shape index (κ2) is 6.56. The van der Waals surface area contributed by atoms with Gasteiger partial charge < -0.3 is 13.6 Å². The first kappa shape index (κ1) is 14.1. The van der Waals surface area contributed by atoms with E-state index in [9.17, 15) is 4.80 Å². The SMILES string of the molecule is CCCC[Si](O)(OC(C)C)OC(C)C. The standard InChI is InChI=1S/C10H24O3Si/c1-6-7-8-14(11,12-9(2)3)13-10(4)5/h9-11H,6-8H2,1-5H3. The van der Waals surface area contributed by atoms with Crippen molar-refractivity contribution >= 4 is 8.80 Å². The van der Waals surface area contributed by atoms with Crippen molar-refractivity contribution in [3.63, 3.8) is 0 Å². The molecular formula is C10H24O3Si. The van der Waals surface area contributed by atoms with E-state index in [0.717, 1.165) is 12.8 Å². The summed E-state index contributed by atoms with van der Waals surface area (Å²) < 4.78 is 11.0. The average Bonchev–Trinajstić information content (AvgIpc) is 1.97. The summed E-state index contributed by atoms with van der Waals surface area (Å²) in [5.74, 6) is 0. The third-order valence-corrected chi connectivity index (χ3v) is 4.35. The molecule has 86 valence electrons. The Labute approximate surface area is 88.8 Å². The Morgan fingerprint density at radius 1 is 1.07 bits per heavy atom. The molecule has 0 fully saturated rings. The molecule has 0 bridgehead atoms. The number of rotatable bonds is 7. The molecule has 0 aliphatic rings. The van der Waals surface area contributed by atoms with Crippen LogP contribution >= 0.6 is 0 Å². The minimum absolute atomic E-state index is 0.0299. The predicted molar refractivity (Wildman–Crippen MR) is 60.1 cm³/mol. The highest BCUT2D eigenvalue weighted by atomic mass is 28.4. The topological polar surface area (TPSA) is 38.7 Å². The molecule has 0 radical (unpaired) electrons. The fraction of sp³-hybridized carbons (Fsp3) is 1.00. The zero-order valence-corrected chi connectivity index (χ0v) is 11.0. The summed E-state index contributed by atoms with van der Waals surface area (Å²) in [4.78, 5) is 10.2. The van der Waals surface area contributed by atoms with Gasteiger partial charge >= 0.3 is 8.80 Å². The number of hydrogen-bond donors (Lipinski definition) is 1. The van der Waals surface area contributed by atoms with E-state index < -0.39 is 8.80 Å². The Morgan fingerprint density at radius 2 is 1.50 bits per heavy atom. The van der Waals surface area contributed by atoms with E-state index in [4.69, 9.17) is 8.85 Å². The molecule has 1 N–H and O–H groups in total. The van der Waals surface area contributed by atoms with Gasteiger partial charge in [0, 0.05) is 18.3 Å². The maximum atomic E-state index is 10.2. The van der Waals surface area contributed by atoms with Crippen molar-refractivity contribution in [1.29, 1.82) is 0 Å². The van der Waals surface area contributed by atoms with Crippen LogP contribution < -0.4 is 0 Å². The van der Waals surface area contributed by atoms with Crippen LogP contribution in [-0.4, -0.2) is 25.8 Å². The Balaban J connectivity index is 4.17. The van der Waals surface area contributed by atoms with Crippen molar-refractivity contribution in [3.05, 3.63) is 0 Å². The van der Waals surface area contributed by atoms with Gasteiger partial charge in [0.05, 0.1) is 0 Å². The van der Waals surface area contributed by atoms with E-state index in [1.807, 2.05) is 27.7 Å². The van der Waals surface area contributed by atoms with Gasteiger partial charge in [0.15, 0.2) is 0 Å². The number of hydrogen-bond acceptors (Lipinski definition) is 3. The first-order valence-electron chi connectivity index (χ1n) is 5.47. The van der Waals surface area contributed by atoms with E-state index in [1.165, 1.54) is 0 Å². The minimum Gasteiger partial charge on any atom is -0.390 e. The maximum Gasteiger partial charge on any atom is 0.498 e. The Hall–Kier alpha value is 0.0969. The molecule has 0 aliphatic heterocycles. The van der Waals surface area contributed by atoms with Gasteiger partial charge in [-0.15, -0.1) is 0 Å². The van der Waals surface area contributed by atoms with Crippen molar-refractivity contribution in [2.75, 3.05) is 0 Å². The molecule has 0 saturated carbocycles. The van der Waals surface area contributed by atoms with E-state index in [1.54, 1.807) is 0 Å². The zero-order chi connectivity index (χ0) is 11.2. The van der Waals surface area contributed by atoms with Crippen molar-refractivity contribution in [2.45, 2.75) is 65.7 Å². The lowest BCUT2D eigenvalue weighted by molar-refractivity contribution is 0.0473. The summed E-state index contributed by atoms with van der Waals surface area (Å²) in [6.07, 6.45) is 2.07. The first-order chi connectivity index (χ1) is 6.39. The van der Waals surface area contributed by atoms with Gasteiger partial charge in [-0.2, -0.15) is 0 Å². The molecule has 0 spiro atoms. The molecule has 14 heavy (non-hydrogen) atoms. The van der Waals surface area contributed by atoms with Crippen LogP contribution in [0.5, 0.6) is 0 Å². The fourth-order valence-corrected chi connectivity index (χ4v) is 3.85. The van der Waals surface area contributed by atoms with E-state index in [2.05, 4.69) is 6.92 Å². The van der Waals surface area contributed by atoms with Crippen LogP contribution in [0.15, 0.2) is 0 Å². The van der Waals surface area contributed by atoms with Gasteiger partial charge in [0.25, 0.3) is 0 Å². The van der Waals surface area contributed by atoms with Gasteiger partial charge in [-0.05, 0) is 34.1 Å². The molecule has 0 heterocycles. The van der Waals surface area contributed by atoms with Crippen molar-refractivity contribution < 1.29 is 13.6 Å². The summed E-state index contributed by atoms with van der Waals surface area (Å²) in [6.45, 7) is 9.79. The Morgan fingerprint density at radius 3 is 1.79 bits per heavy atom. The maximum absolute atomic E-state index is 10.2. The number of unbranched alkanes of at least 4 members (excludes halogenated alkanes) is 1. The summed E-state index contributed by atoms with van der Waals surface area (Å²) in [7, 11) is -2.90. The molecule has 0 aromatic heterocycles. The molecular weight excluding hydrogens is 196 g/mol. The molecule has 0 aliphatic carbocycles. The lowest BCUT2D eigenvalue weighted by Gasteiger charge is -2.28. The highest BCUT2D eigenvalue weighted by molar-refractivity contribution is 6.59. The van der Waals surface area contributed by atoms with Crippen LogP contribution in [0.3, 0.4) is 0 Å². The fourth-order valence-electron chi connectivity index (χ4n) is 1.28. The van der Waals surface area contributed by atoms with Crippen molar-refractivity contribution in [3.8, 4) is 0 Å². The van der Waals surface area contributed by atoms with Crippen molar-refractivity contribution in [1.82, 2.24) is 0 Å². The van der Waals surface area contributed by atoms with Crippen LogP contribution in [0, 0.1) is 0 Å². The average molecular weight is 220 g/mol. The third-order valence-electron chi connectivity index (χ3n) is 1.69. The second-order valence-electron chi connectivity index (χ2n) is 4.15. The summed E-state index contributed by atoms with van der Waals surface area (Å²) in [5, 5.41) is 0. The highest BCUT2D eigenvalue weighted by Crippen LogP contribution is 2.17. The molecule has 0 unspecified atom stereocenters. The Kier molecular flexibility index (Phi) is 6.60. The van der Waals surface area contributed by atoms with Gasteiger partial charge in [-0.25, -0.2) is 0 Å². The van der Waals surface area contributed by atoms with Gasteiger partial charge in [0.2, 0.25) is 0 Å². The van der Waals surface area contributed by atoms with Crippen LogP contribution in [-0.2, 0) is 8.85 Å². The van der Waals surface area contributed by atoms with Gasteiger partial charge in [-0.3, -0.25) is 0 Å². The molecule has 0 saturated heterocycles. The monoisotopic (exact) mass is 220 g/mol. The van der Waals surface area contributed by atoms with E-state index in [-0.39, 0.29) is 12.2 Å². The molecule has 0 aromatic carbocycles. The summed E-state index contributed by atoms with van der Waals surface area (Å²) in [6, 6.07) is 0.667. The largest absolute Gasteiger partial charge is 0.498 e. The van der Waals surface area contributed by atoms with Crippen molar-refractivity contribution in [2.24, 2.45) is 0 Å². The molecule has 0 rings (SSSR count). The van der Waals surface area contributed by atoms with Gasteiger partial charge in [0.1, 0.15) is 0 Å². The second-order valence-corrected chi connectivity index (χ2v) is 6.55. The zero-order valence-electron chi connectivity index (χ0n) is 10.0. The predicted octanol–water partition coefficient (Wildman–Crippen LogP) is 2.57. The smallest absolute Gasteiger partial charge is 0.390 e. The Bertz CT molecular complexity index is 138. The molecule has 0 atom stereocenters. The minimum atomic E-state index is -2.90. The van der Waals surface area contributed by atoms with Gasteiger partial charge in [-0.1, -0.05) is 13.3 Å². The van der Waals surface area contributed by atoms with Crippen LogP contribution in [0.1, 0.15) is 47.5 Å². The lowest BCUT2D eigenvalue weighted by atomic mass is 10.4. The van der Waals surface area contributed by atoms with Crippen LogP contribution in [0.4, 0.5) is 0 Å². The van der Waals surface area contributed by atoms with E-state index >= 15 is 0 Å². The molecule has 0 aromatic rings. The molecule has 3 nitrogen and oxygen atoms in total. The molecule has 4 heteroatoms.